The number of para-hydroxylation sites is 1. The summed E-state index contributed by atoms with van der Waals surface area (Å²) >= 11 is 0. The second-order valence-electron chi connectivity index (χ2n) is 14.2. The molecule has 0 unspecified atom stereocenters. The van der Waals surface area contributed by atoms with Gasteiger partial charge in [0.15, 0.2) is 0 Å². The van der Waals surface area contributed by atoms with Crippen LogP contribution in [0.4, 0.5) is 47.3 Å². The molecule has 5 amide bonds. The lowest BCUT2D eigenvalue weighted by atomic mass is 9.95. The van der Waals surface area contributed by atoms with E-state index in [0.717, 1.165) is 37.2 Å². The van der Waals surface area contributed by atoms with Crippen molar-refractivity contribution in [3.8, 4) is 0 Å². The van der Waals surface area contributed by atoms with E-state index in [4.69, 9.17) is 5.73 Å². The Labute approximate surface area is 298 Å². The molecule has 0 spiro atoms. The van der Waals surface area contributed by atoms with Gasteiger partial charge in [-0.15, -0.1) is 0 Å². The molecule has 4 heterocycles. The molecule has 3 fully saturated rings. The molecule has 4 aliphatic rings. The Kier molecular flexibility index (Phi) is 11.1. The molecule has 4 N–H and O–H groups in total. The standard InChI is InChI=1S/C36H45F6N7O3/c37-35(38,39)27-20-23(21-28(31(27)43)36(40,41)42)22-30(32(50)47-15-9-25(10-16-47)46-13-4-1-5-14-46)45-33(51)48-17-11-26(12-18-48)49-19-8-24-6-2-3-7-29(24)44-34(49)52/h2-3,6-7,20-21,25-26,30H,1,4-5,8-19,22,43H2,(H,44,52)(H,45,51)/t30-/m1/s1. The highest BCUT2D eigenvalue weighted by atomic mass is 19.4. The van der Waals surface area contributed by atoms with Crippen molar-refractivity contribution in [3.63, 3.8) is 0 Å². The smallest absolute Gasteiger partial charge is 0.398 e. The van der Waals surface area contributed by atoms with Gasteiger partial charge in [-0.2, -0.15) is 26.3 Å². The van der Waals surface area contributed by atoms with Crippen molar-refractivity contribution in [3.05, 3.63) is 58.7 Å². The van der Waals surface area contributed by atoms with E-state index in [-0.39, 0.29) is 31.2 Å². The second-order valence-corrected chi connectivity index (χ2v) is 14.2. The molecule has 0 saturated carbocycles. The van der Waals surface area contributed by atoms with Crippen LogP contribution in [-0.2, 0) is 30.0 Å². The quantitative estimate of drug-likeness (QED) is 0.250. The van der Waals surface area contributed by atoms with E-state index in [0.29, 0.717) is 63.9 Å². The highest BCUT2D eigenvalue weighted by Crippen LogP contribution is 2.42. The van der Waals surface area contributed by atoms with E-state index in [2.05, 4.69) is 15.5 Å². The number of piperidine rings is 3. The molecule has 4 aliphatic heterocycles. The summed E-state index contributed by atoms with van der Waals surface area (Å²) in [5.74, 6) is -0.569. The van der Waals surface area contributed by atoms with Crippen molar-refractivity contribution in [1.82, 2.24) is 24.9 Å². The van der Waals surface area contributed by atoms with Gasteiger partial charge in [0.2, 0.25) is 5.91 Å². The van der Waals surface area contributed by atoms with Gasteiger partial charge in [-0.3, -0.25) is 4.79 Å². The van der Waals surface area contributed by atoms with Gasteiger partial charge in [0.25, 0.3) is 0 Å². The lowest BCUT2D eigenvalue weighted by Crippen LogP contribution is -2.57. The molecule has 10 nitrogen and oxygen atoms in total. The van der Waals surface area contributed by atoms with Gasteiger partial charge < -0.3 is 36.0 Å². The van der Waals surface area contributed by atoms with E-state index in [1.54, 1.807) is 9.80 Å². The van der Waals surface area contributed by atoms with Gasteiger partial charge >= 0.3 is 24.4 Å². The lowest BCUT2D eigenvalue weighted by Gasteiger charge is -2.41. The highest BCUT2D eigenvalue weighted by molar-refractivity contribution is 5.91. The minimum Gasteiger partial charge on any atom is -0.398 e. The van der Waals surface area contributed by atoms with Crippen molar-refractivity contribution in [2.45, 2.75) is 88.3 Å². The zero-order valence-electron chi connectivity index (χ0n) is 28.9. The molecule has 1 atom stereocenters. The first-order chi connectivity index (χ1) is 24.7. The van der Waals surface area contributed by atoms with Crippen LogP contribution >= 0.6 is 0 Å². The van der Waals surface area contributed by atoms with Gasteiger partial charge in [-0.05, 0) is 87.4 Å². The summed E-state index contributed by atoms with van der Waals surface area (Å²) in [5.41, 5.74) is 1.96. The molecule has 6 rings (SSSR count). The average Bonchev–Trinajstić information content (AvgIpc) is 3.29. The third kappa shape index (κ3) is 8.53. The number of amides is 5. The first kappa shape index (κ1) is 37.5. The topological polar surface area (TPSA) is 114 Å². The third-order valence-electron chi connectivity index (χ3n) is 10.9. The number of likely N-dealkylation sites (tertiary alicyclic amines) is 3. The number of halogens is 6. The maximum atomic E-state index is 14.0. The molecule has 284 valence electrons. The van der Waals surface area contributed by atoms with Crippen LogP contribution < -0.4 is 16.4 Å². The number of hydrogen-bond donors (Lipinski definition) is 3. The fraction of sp³-hybridized carbons (Fsp3) is 0.583. The van der Waals surface area contributed by atoms with E-state index in [1.807, 2.05) is 24.3 Å². The zero-order valence-corrected chi connectivity index (χ0v) is 28.9. The monoisotopic (exact) mass is 737 g/mol. The van der Waals surface area contributed by atoms with Crippen LogP contribution in [0.1, 0.15) is 67.2 Å². The first-order valence-electron chi connectivity index (χ1n) is 18.0. The minimum absolute atomic E-state index is 0.159. The number of anilines is 2. The van der Waals surface area contributed by atoms with Crippen molar-refractivity contribution < 1.29 is 40.7 Å². The molecule has 0 bridgehead atoms. The third-order valence-corrected chi connectivity index (χ3v) is 10.9. The van der Waals surface area contributed by atoms with E-state index in [1.165, 1.54) is 11.3 Å². The second kappa shape index (κ2) is 15.4. The molecule has 0 aliphatic carbocycles. The van der Waals surface area contributed by atoms with Crippen LogP contribution in [-0.4, -0.2) is 102 Å². The maximum absolute atomic E-state index is 14.0. The lowest BCUT2D eigenvalue weighted by molar-refractivity contribution is -0.141. The van der Waals surface area contributed by atoms with E-state index >= 15 is 0 Å². The van der Waals surface area contributed by atoms with Crippen molar-refractivity contribution in [2.24, 2.45) is 0 Å². The first-order valence-corrected chi connectivity index (χ1v) is 18.0. The molecular formula is C36H45F6N7O3. The molecule has 2 aromatic carbocycles. The average molecular weight is 738 g/mol. The SMILES string of the molecule is Nc1c(C(F)(F)F)cc(C[C@@H](NC(=O)N2CCC(N3CCc4ccccc4NC3=O)CC2)C(=O)N2CCC(N3CCCCC3)CC2)cc1C(F)(F)F. The highest BCUT2D eigenvalue weighted by Gasteiger charge is 2.42. The van der Waals surface area contributed by atoms with Gasteiger partial charge in [0, 0.05) is 56.9 Å². The van der Waals surface area contributed by atoms with Crippen LogP contribution in [0.3, 0.4) is 0 Å². The normalized spacial score (nSPS) is 20.6. The van der Waals surface area contributed by atoms with Crippen LogP contribution in [0.15, 0.2) is 36.4 Å². The maximum Gasteiger partial charge on any atom is 0.418 e. The number of nitrogens with zero attached hydrogens (tertiary/aromatic N) is 4. The number of fused-ring (bicyclic) bond motifs is 1. The Morgan fingerprint density at radius 2 is 1.38 bits per heavy atom. The van der Waals surface area contributed by atoms with Gasteiger partial charge in [-0.25, -0.2) is 9.59 Å². The molecule has 16 heteroatoms. The molecule has 0 aromatic heterocycles. The van der Waals surface area contributed by atoms with Crippen molar-refractivity contribution in [1.29, 1.82) is 0 Å². The van der Waals surface area contributed by atoms with Gasteiger partial charge in [0.05, 0.1) is 16.8 Å². The Morgan fingerprint density at radius 1 is 0.808 bits per heavy atom. The number of rotatable bonds is 6. The van der Waals surface area contributed by atoms with Crippen LogP contribution in [0.2, 0.25) is 0 Å². The number of hydrogen-bond acceptors (Lipinski definition) is 5. The summed E-state index contributed by atoms with van der Waals surface area (Å²) in [7, 11) is 0. The number of nitrogens with two attached hydrogens (primary N) is 1. The molecule has 2 aromatic rings. The summed E-state index contributed by atoms with van der Waals surface area (Å²) in [6.45, 7) is 3.60. The van der Waals surface area contributed by atoms with Crippen LogP contribution in [0, 0.1) is 0 Å². The number of urea groups is 2. The Hall–Kier alpha value is -4.21. The fourth-order valence-electron chi connectivity index (χ4n) is 8.05. The Bertz CT molecular complexity index is 1580. The van der Waals surface area contributed by atoms with E-state index < -0.39 is 59.1 Å². The number of benzene rings is 2. The summed E-state index contributed by atoms with van der Waals surface area (Å²) < 4.78 is 83.3. The number of carbonyl (C=O) groups is 3. The molecule has 3 saturated heterocycles. The zero-order chi connectivity index (χ0) is 37.2. The minimum atomic E-state index is -5.18. The fourth-order valence-corrected chi connectivity index (χ4v) is 8.05. The predicted molar refractivity (Wildman–Crippen MR) is 182 cm³/mol. The van der Waals surface area contributed by atoms with Crippen molar-refractivity contribution in [2.75, 3.05) is 56.9 Å². The summed E-state index contributed by atoms with van der Waals surface area (Å²) in [6, 6.07) is 6.40. The van der Waals surface area contributed by atoms with Gasteiger partial charge in [0.1, 0.15) is 6.04 Å². The summed E-state index contributed by atoms with van der Waals surface area (Å²) in [5, 5.41) is 5.61. The van der Waals surface area contributed by atoms with Crippen LogP contribution in [0.25, 0.3) is 0 Å². The number of carbonyl (C=O) groups excluding carboxylic acids is 3. The summed E-state index contributed by atoms with van der Waals surface area (Å²) in [4.78, 5) is 47.9. The number of nitrogen functional groups attached to an aromatic ring is 1. The van der Waals surface area contributed by atoms with Gasteiger partial charge in [-0.1, -0.05) is 24.6 Å². The van der Waals surface area contributed by atoms with Crippen LogP contribution in [0.5, 0.6) is 0 Å². The summed E-state index contributed by atoms with van der Waals surface area (Å²) in [6.07, 6.45) is -4.69. The number of alkyl halides is 6. The largest absolute Gasteiger partial charge is 0.418 e. The predicted octanol–water partition coefficient (Wildman–Crippen LogP) is 5.96. The Balaban J connectivity index is 1.17. The molecular weight excluding hydrogens is 692 g/mol. The molecule has 0 radical (unpaired) electrons. The van der Waals surface area contributed by atoms with E-state index in [9.17, 15) is 40.7 Å². The van der Waals surface area contributed by atoms with Crippen molar-refractivity contribution >= 4 is 29.3 Å². The molecule has 52 heavy (non-hydrogen) atoms. The number of nitrogens with one attached hydrogen (secondary N) is 2. The Morgan fingerprint density at radius 3 is 2.00 bits per heavy atom.